The number of rotatable bonds is 4. The molecule has 0 unspecified atom stereocenters. The first-order valence-electron chi connectivity index (χ1n) is 8.24. The van der Waals surface area contributed by atoms with Gasteiger partial charge in [-0.05, 0) is 41.2 Å². The van der Waals surface area contributed by atoms with Crippen LogP contribution in [0.25, 0.3) is 0 Å². The van der Waals surface area contributed by atoms with Crippen LogP contribution in [0.2, 0.25) is 0 Å². The van der Waals surface area contributed by atoms with Gasteiger partial charge in [-0.3, -0.25) is 4.79 Å². The molecular formula is C15H23BrN6O2. The Kier molecular flexibility index (Phi) is 5.21. The van der Waals surface area contributed by atoms with Gasteiger partial charge >= 0.3 is 0 Å². The van der Waals surface area contributed by atoms with Crippen LogP contribution in [-0.4, -0.2) is 57.2 Å². The molecule has 2 atom stereocenters. The molecule has 132 valence electrons. The summed E-state index contributed by atoms with van der Waals surface area (Å²) in [5.74, 6) is -0.00256. The fraction of sp³-hybridized carbons (Fsp3) is 0.667. The van der Waals surface area contributed by atoms with Crippen LogP contribution in [0, 0.1) is 5.92 Å². The number of amides is 1. The van der Waals surface area contributed by atoms with E-state index in [2.05, 4.69) is 36.8 Å². The van der Waals surface area contributed by atoms with Gasteiger partial charge in [-0.2, -0.15) is 10.2 Å². The van der Waals surface area contributed by atoms with E-state index in [0.717, 1.165) is 37.3 Å². The largest absolute Gasteiger partial charge is 0.354 e. The Labute approximate surface area is 149 Å². The molecule has 0 radical (unpaired) electrons. The number of aliphatic hydroxyl groups is 1. The van der Waals surface area contributed by atoms with Crippen LogP contribution in [0.3, 0.4) is 0 Å². The molecule has 1 aromatic heterocycles. The van der Waals surface area contributed by atoms with Gasteiger partial charge in [-0.25, -0.2) is 9.69 Å². The molecule has 1 aromatic rings. The molecule has 3 rings (SSSR count). The average molecular weight is 399 g/mol. The third-order valence-electron chi connectivity index (χ3n) is 4.20. The minimum atomic E-state index is -1.09. The van der Waals surface area contributed by atoms with Crippen LogP contribution in [0.1, 0.15) is 38.7 Å². The molecule has 0 aromatic carbocycles. The number of carbonyl (C=O) groups is 1. The summed E-state index contributed by atoms with van der Waals surface area (Å²) in [7, 11) is 0. The molecule has 0 spiro atoms. The van der Waals surface area contributed by atoms with Gasteiger partial charge in [0, 0.05) is 18.7 Å². The maximum absolute atomic E-state index is 12.3. The number of halogens is 1. The number of hydrazone groups is 1. The molecule has 2 aliphatic rings. The highest BCUT2D eigenvalue weighted by Gasteiger charge is 2.31. The normalized spacial score (nSPS) is 23.9. The topological polar surface area (TPSA) is 94.8 Å². The van der Waals surface area contributed by atoms with Crippen molar-refractivity contribution in [3.8, 4) is 0 Å². The maximum Gasteiger partial charge on any atom is 0.243 e. The predicted molar refractivity (Wildman–Crippen MR) is 93.3 cm³/mol. The lowest BCUT2D eigenvalue weighted by Gasteiger charge is -2.32. The number of nitrogens with one attached hydrogen (secondary N) is 2. The third kappa shape index (κ3) is 3.62. The van der Waals surface area contributed by atoms with Crippen molar-refractivity contribution in [3.05, 3.63) is 16.4 Å². The number of carbonyl (C=O) groups excluding carboxylic acids is 1. The van der Waals surface area contributed by atoms with Crippen molar-refractivity contribution in [3.63, 3.8) is 0 Å². The van der Waals surface area contributed by atoms with Crippen LogP contribution in [0.15, 0.2) is 15.8 Å². The number of hydrogen-bond donors (Lipinski definition) is 3. The highest BCUT2D eigenvalue weighted by atomic mass is 79.9. The third-order valence-corrected chi connectivity index (χ3v) is 4.59. The van der Waals surface area contributed by atoms with E-state index in [9.17, 15) is 9.90 Å². The van der Waals surface area contributed by atoms with Crippen molar-refractivity contribution in [2.45, 2.75) is 39.1 Å². The first-order chi connectivity index (χ1) is 11.5. The zero-order valence-electron chi connectivity index (χ0n) is 13.9. The second kappa shape index (κ2) is 7.20. The minimum Gasteiger partial charge on any atom is -0.354 e. The Morgan fingerprint density at radius 3 is 3.04 bits per heavy atom. The lowest BCUT2D eigenvalue weighted by atomic mass is 10.1. The molecule has 24 heavy (non-hydrogen) atoms. The van der Waals surface area contributed by atoms with Crippen molar-refractivity contribution in [2.75, 3.05) is 19.6 Å². The molecule has 1 saturated heterocycles. The molecule has 8 nitrogen and oxygen atoms in total. The summed E-state index contributed by atoms with van der Waals surface area (Å²) in [6.45, 7) is 5.81. The average Bonchev–Trinajstić information content (AvgIpc) is 2.92. The minimum absolute atomic E-state index is 0.00912. The van der Waals surface area contributed by atoms with Crippen molar-refractivity contribution in [1.82, 2.24) is 25.4 Å². The monoisotopic (exact) mass is 398 g/mol. The fourth-order valence-electron chi connectivity index (χ4n) is 3.02. The Morgan fingerprint density at radius 2 is 2.38 bits per heavy atom. The lowest BCUT2D eigenvalue weighted by molar-refractivity contribution is -0.130. The van der Waals surface area contributed by atoms with E-state index in [4.69, 9.17) is 0 Å². The van der Waals surface area contributed by atoms with Crippen LogP contribution in [-0.2, 0) is 4.79 Å². The van der Waals surface area contributed by atoms with E-state index in [1.54, 1.807) is 0 Å². The molecule has 0 saturated carbocycles. The second-order valence-electron chi connectivity index (χ2n) is 6.49. The molecule has 1 amide bonds. The summed E-state index contributed by atoms with van der Waals surface area (Å²) in [5, 5.41) is 26.9. The van der Waals surface area contributed by atoms with Crippen LogP contribution in [0.4, 0.5) is 0 Å². The van der Waals surface area contributed by atoms with Gasteiger partial charge in [0.25, 0.3) is 0 Å². The molecular weight excluding hydrogens is 376 g/mol. The van der Waals surface area contributed by atoms with Crippen molar-refractivity contribution in [2.24, 2.45) is 11.0 Å². The van der Waals surface area contributed by atoms with Crippen molar-refractivity contribution >= 4 is 27.5 Å². The lowest BCUT2D eigenvalue weighted by Crippen LogP contribution is -2.49. The summed E-state index contributed by atoms with van der Waals surface area (Å²) in [6, 6.07) is 1.96. The van der Waals surface area contributed by atoms with Crippen LogP contribution in [0.5, 0.6) is 0 Å². The molecule has 0 bridgehead atoms. The van der Waals surface area contributed by atoms with Gasteiger partial charge in [0.2, 0.25) is 12.3 Å². The predicted octanol–water partition coefficient (Wildman–Crippen LogP) is 0.638. The van der Waals surface area contributed by atoms with Gasteiger partial charge in [-0.15, -0.1) is 0 Å². The van der Waals surface area contributed by atoms with E-state index in [0.29, 0.717) is 4.60 Å². The number of aromatic nitrogens is 2. The molecule has 0 aliphatic carbocycles. The van der Waals surface area contributed by atoms with Gasteiger partial charge in [0.05, 0.1) is 11.4 Å². The van der Waals surface area contributed by atoms with Crippen LogP contribution < -0.4 is 10.6 Å². The Morgan fingerprint density at radius 1 is 1.58 bits per heavy atom. The van der Waals surface area contributed by atoms with E-state index < -0.39 is 6.35 Å². The zero-order chi connectivity index (χ0) is 17.3. The highest BCUT2D eigenvalue weighted by Crippen LogP contribution is 2.25. The number of nitrogens with zero attached hydrogens (tertiary/aromatic N) is 4. The molecule has 9 heteroatoms. The summed E-state index contributed by atoms with van der Waals surface area (Å²) in [4.78, 5) is 12.3. The summed E-state index contributed by atoms with van der Waals surface area (Å²) < 4.78 is 2.12. The van der Waals surface area contributed by atoms with Crippen molar-refractivity contribution in [1.29, 1.82) is 0 Å². The number of piperidine rings is 1. The van der Waals surface area contributed by atoms with Gasteiger partial charge in [0.1, 0.15) is 11.1 Å². The first kappa shape index (κ1) is 17.4. The number of hydrogen-bond acceptors (Lipinski definition) is 6. The van der Waals surface area contributed by atoms with E-state index in [1.807, 2.05) is 19.9 Å². The molecule has 2 aliphatic heterocycles. The summed E-state index contributed by atoms with van der Waals surface area (Å²) >= 11 is 3.33. The van der Waals surface area contributed by atoms with Crippen LogP contribution >= 0.6 is 15.9 Å². The fourth-order valence-corrected chi connectivity index (χ4v) is 3.41. The highest BCUT2D eigenvalue weighted by molar-refractivity contribution is 9.10. The Balaban J connectivity index is 1.72. The quantitative estimate of drug-likeness (QED) is 0.691. The first-order valence-corrected chi connectivity index (χ1v) is 9.03. The molecule has 3 N–H and O–H groups in total. The summed E-state index contributed by atoms with van der Waals surface area (Å²) in [6.07, 6.45) is 0.930. The standard InChI is InChI=1S/C15H23BrN6O2/c1-9(2)14-11-6-12(16)19-22(11)15(24)21(20-14)8-13(23)18-10-4-3-5-17-7-10/h6,9-10,15,17,24H,3-5,7-8H2,1-2H3,(H,18,23)/t10-,15-/m1/s1. The second-order valence-corrected chi connectivity index (χ2v) is 7.30. The van der Waals surface area contributed by atoms with E-state index in [1.165, 1.54) is 9.69 Å². The number of fused-ring (bicyclic) bond motifs is 1. The molecule has 1 fully saturated rings. The van der Waals surface area contributed by atoms with Gasteiger partial charge < -0.3 is 15.7 Å². The molecule has 3 heterocycles. The van der Waals surface area contributed by atoms with E-state index in [-0.39, 0.29) is 24.4 Å². The Bertz CT molecular complexity index is 638. The van der Waals surface area contributed by atoms with E-state index >= 15 is 0 Å². The zero-order valence-corrected chi connectivity index (χ0v) is 15.5. The van der Waals surface area contributed by atoms with Gasteiger partial charge in [-0.1, -0.05) is 13.8 Å². The van der Waals surface area contributed by atoms with Crippen molar-refractivity contribution < 1.29 is 9.90 Å². The van der Waals surface area contributed by atoms with Gasteiger partial charge in [0.15, 0.2) is 0 Å². The Hall–Kier alpha value is -1.45. The SMILES string of the molecule is CC(C)C1=NN(CC(=O)N[C@@H]2CCCNC2)[C@@H](O)n2nc(Br)cc21. The smallest absolute Gasteiger partial charge is 0.243 e. The maximum atomic E-state index is 12.3. The number of aliphatic hydroxyl groups excluding tert-OH is 1. The summed E-state index contributed by atoms with van der Waals surface area (Å²) in [5.41, 5.74) is 1.56.